The van der Waals surface area contributed by atoms with Gasteiger partial charge in [-0.05, 0) is 44.0 Å². The van der Waals surface area contributed by atoms with Gasteiger partial charge in [0.1, 0.15) is 5.75 Å². The third-order valence-electron chi connectivity index (χ3n) is 6.23. The summed E-state index contributed by atoms with van der Waals surface area (Å²) in [5.74, 6) is 0.380. The Morgan fingerprint density at radius 1 is 0.944 bits per heavy atom. The summed E-state index contributed by atoms with van der Waals surface area (Å²) in [5.41, 5.74) is 3.46. The number of anilines is 1. The molecule has 1 atom stereocenters. The van der Waals surface area contributed by atoms with Crippen LogP contribution < -0.4 is 10.1 Å². The van der Waals surface area contributed by atoms with Crippen molar-refractivity contribution >= 4 is 17.6 Å². The Morgan fingerprint density at radius 3 is 2.28 bits per heavy atom. The zero-order valence-corrected chi connectivity index (χ0v) is 21.2. The highest BCUT2D eigenvalue weighted by atomic mass is 16.6. The lowest BCUT2D eigenvalue weighted by Crippen LogP contribution is -2.50. The van der Waals surface area contributed by atoms with Crippen LogP contribution in [0.25, 0.3) is 0 Å². The lowest BCUT2D eigenvalue weighted by atomic mass is 10.0. The van der Waals surface area contributed by atoms with Gasteiger partial charge in [-0.2, -0.15) is 0 Å². The van der Waals surface area contributed by atoms with Crippen molar-refractivity contribution < 1.29 is 19.1 Å². The molecule has 0 aromatic heterocycles. The summed E-state index contributed by atoms with van der Waals surface area (Å²) in [7, 11) is 0. The van der Waals surface area contributed by atoms with Crippen molar-refractivity contribution in [3.63, 3.8) is 0 Å². The van der Waals surface area contributed by atoms with Crippen LogP contribution in [0.1, 0.15) is 43.9 Å². The van der Waals surface area contributed by atoms with Crippen molar-refractivity contribution in [1.82, 2.24) is 4.90 Å². The Hall–Kier alpha value is -3.64. The van der Waals surface area contributed by atoms with E-state index in [1.807, 2.05) is 66.7 Å². The van der Waals surface area contributed by atoms with Gasteiger partial charge in [-0.3, -0.25) is 14.5 Å². The highest BCUT2D eigenvalue weighted by Crippen LogP contribution is 2.32. The van der Waals surface area contributed by atoms with Crippen LogP contribution in [-0.4, -0.2) is 35.2 Å². The molecule has 36 heavy (non-hydrogen) atoms. The number of rotatable bonds is 10. The maximum atomic E-state index is 13.0. The van der Waals surface area contributed by atoms with E-state index in [0.717, 1.165) is 22.4 Å². The molecule has 1 amide bonds. The first-order valence-electron chi connectivity index (χ1n) is 12.4. The summed E-state index contributed by atoms with van der Waals surface area (Å²) in [6.45, 7) is 7.34. The van der Waals surface area contributed by atoms with E-state index >= 15 is 0 Å². The summed E-state index contributed by atoms with van der Waals surface area (Å²) >= 11 is 0. The molecule has 1 aliphatic rings. The third-order valence-corrected chi connectivity index (χ3v) is 6.23. The number of ether oxygens (including phenoxy) is 2. The molecule has 0 radical (unpaired) electrons. The standard InChI is InChI=1S/C30H34N2O4/c1-30(2,3)32(21-23-13-8-5-9-14-23)28(36-29(34)19-22-11-6-4-7-12-22)17-18-35-26-16-10-15-25-24(26)20-27(33)31-25/h4-16,28H,17-21H2,1-3H3,(H,31,33). The van der Waals surface area contributed by atoms with E-state index in [4.69, 9.17) is 9.47 Å². The fourth-order valence-electron chi connectivity index (χ4n) is 4.41. The van der Waals surface area contributed by atoms with Crippen LogP contribution in [0.5, 0.6) is 5.75 Å². The minimum Gasteiger partial charge on any atom is -0.493 e. The van der Waals surface area contributed by atoms with Crippen LogP contribution in [0.15, 0.2) is 78.9 Å². The van der Waals surface area contributed by atoms with Crippen molar-refractivity contribution in [2.75, 3.05) is 11.9 Å². The van der Waals surface area contributed by atoms with Crippen molar-refractivity contribution in [2.45, 2.75) is 58.3 Å². The monoisotopic (exact) mass is 486 g/mol. The molecule has 0 fully saturated rings. The minimum absolute atomic E-state index is 0.0319. The highest BCUT2D eigenvalue weighted by molar-refractivity contribution is 6.00. The second-order valence-electron chi connectivity index (χ2n) is 10.0. The largest absolute Gasteiger partial charge is 0.493 e. The molecule has 3 aromatic rings. The number of carbonyl (C=O) groups excluding carboxylic acids is 2. The van der Waals surface area contributed by atoms with Gasteiger partial charge in [-0.1, -0.05) is 66.7 Å². The summed E-state index contributed by atoms with van der Waals surface area (Å²) in [6, 6.07) is 25.4. The van der Waals surface area contributed by atoms with Crippen molar-refractivity contribution in [2.24, 2.45) is 0 Å². The zero-order chi connectivity index (χ0) is 25.5. The topological polar surface area (TPSA) is 67.9 Å². The maximum Gasteiger partial charge on any atom is 0.311 e. The molecule has 0 saturated heterocycles. The number of hydrogen-bond donors (Lipinski definition) is 1. The molecule has 3 aromatic carbocycles. The van der Waals surface area contributed by atoms with Crippen LogP contribution in [0.3, 0.4) is 0 Å². The number of esters is 1. The number of fused-ring (bicyclic) bond motifs is 1. The molecule has 1 N–H and O–H groups in total. The molecule has 1 heterocycles. The molecule has 0 saturated carbocycles. The van der Waals surface area contributed by atoms with Gasteiger partial charge in [0.25, 0.3) is 0 Å². The quantitative estimate of drug-likeness (QED) is 0.309. The van der Waals surface area contributed by atoms with E-state index in [1.54, 1.807) is 0 Å². The molecule has 6 nitrogen and oxygen atoms in total. The molecule has 1 aliphatic heterocycles. The van der Waals surface area contributed by atoms with Crippen LogP contribution in [0, 0.1) is 0 Å². The first kappa shape index (κ1) is 25.5. The Kier molecular flexibility index (Phi) is 8.06. The molecule has 6 heteroatoms. The predicted octanol–water partition coefficient (Wildman–Crippen LogP) is 5.36. The second-order valence-corrected chi connectivity index (χ2v) is 10.0. The van der Waals surface area contributed by atoms with Crippen LogP contribution in [-0.2, 0) is 33.7 Å². The molecule has 0 bridgehead atoms. The van der Waals surface area contributed by atoms with Gasteiger partial charge < -0.3 is 14.8 Å². The lowest BCUT2D eigenvalue weighted by Gasteiger charge is -2.41. The average molecular weight is 487 g/mol. The SMILES string of the molecule is CC(C)(C)N(Cc1ccccc1)C(CCOc1cccc2c1CC(=O)N2)OC(=O)Cc1ccccc1. The average Bonchev–Trinajstić information content (AvgIpc) is 3.23. The Morgan fingerprint density at radius 2 is 1.61 bits per heavy atom. The van der Waals surface area contributed by atoms with Crippen molar-refractivity contribution in [3.8, 4) is 5.75 Å². The van der Waals surface area contributed by atoms with Crippen LogP contribution >= 0.6 is 0 Å². The number of nitrogens with one attached hydrogen (secondary N) is 1. The summed E-state index contributed by atoms with van der Waals surface area (Å²) in [4.78, 5) is 27.0. The molecular weight excluding hydrogens is 452 g/mol. The summed E-state index contributed by atoms with van der Waals surface area (Å²) in [5, 5.41) is 2.86. The Bertz CT molecular complexity index is 1170. The number of nitrogens with zero attached hydrogens (tertiary/aromatic N) is 1. The molecule has 4 rings (SSSR count). The van der Waals surface area contributed by atoms with Gasteiger partial charge in [-0.25, -0.2) is 0 Å². The molecular formula is C30H34N2O4. The second kappa shape index (κ2) is 11.4. The highest BCUT2D eigenvalue weighted by Gasteiger charge is 2.32. The van der Waals surface area contributed by atoms with E-state index < -0.39 is 6.23 Å². The van der Waals surface area contributed by atoms with Gasteiger partial charge in [0.05, 0.1) is 19.4 Å². The Labute approximate surface area is 213 Å². The maximum absolute atomic E-state index is 13.0. The Balaban J connectivity index is 1.51. The number of amides is 1. The van der Waals surface area contributed by atoms with E-state index in [2.05, 4.69) is 43.1 Å². The number of hydrogen-bond acceptors (Lipinski definition) is 5. The molecule has 188 valence electrons. The predicted molar refractivity (Wildman–Crippen MR) is 141 cm³/mol. The van der Waals surface area contributed by atoms with Crippen LogP contribution in [0.2, 0.25) is 0 Å². The van der Waals surface area contributed by atoms with Gasteiger partial charge in [0, 0.05) is 29.8 Å². The van der Waals surface area contributed by atoms with Gasteiger partial charge in [-0.15, -0.1) is 0 Å². The van der Waals surface area contributed by atoms with Gasteiger partial charge in [0.15, 0.2) is 6.23 Å². The lowest BCUT2D eigenvalue weighted by molar-refractivity contribution is -0.167. The summed E-state index contributed by atoms with van der Waals surface area (Å²) < 4.78 is 12.2. The first-order valence-corrected chi connectivity index (χ1v) is 12.4. The number of carbonyl (C=O) groups is 2. The van der Waals surface area contributed by atoms with E-state index in [1.165, 1.54) is 0 Å². The smallest absolute Gasteiger partial charge is 0.311 e. The first-order chi connectivity index (χ1) is 17.3. The zero-order valence-electron chi connectivity index (χ0n) is 21.2. The fraction of sp³-hybridized carbons (Fsp3) is 0.333. The summed E-state index contributed by atoms with van der Waals surface area (Å²) in [6.07, 6.45) is 0.512. The minimum atomic E-state index is -0.488. The molecule has 1 unspecified atom stereocenters. The third kappa shape index (κ3) is 6.73. The van der Waals surface area contributed by atoms with Gasteiger partial charge >= 0.3 is 5.97 Å². The molecule has 0 spiro atoms. The van der Waals surface area contributed by atoms with E-state index in [-0.39, 0.29) is 23.8 Å². The van der Waals surface area contributed by atoms with E-state index in [9.17, 15) is 9.59 Å². The molecule has 0 aliphatic carbocycles. The van der Waals surface area contributed by atoms with Crippen molar-refractivity contribution in [3.05, 3.63) is 95.6 Å². The van der Waals surface area contributed by atoms with E-state index in [0.29, 0.717) is 31.7 Å². The van der Waals surface area contributed by atoms with Crippen molar-refractivity contribution in [1.29, 1.82) is 0 Å². The fourth-order valence-corrected chi connectivity index (χ4v) is 4.41. The van der Waals surface area contributed by atoms with Crippen LogP contribution in [0.4, 0.5) is 5.69 Å². The van der Waals surface area contributed by atoms with Gasteiger partial charge in [0.2, 0.25) is 5.91 Å². The number of benzene rings is 3. The normalized spacial score (nSPS) is 13.7.